The van der Waals surface area contributed by atoms with Gasteiger partial charge in [0.05, 0.1) is 16.8 Å². The van der Waals surface area contributed by atoms with E-state index < -0.39 is 0 Å². The summed E-state index contributed by atoms with van der Waals surface area (Å²) in [4.78, 5) is 0. The molecular weight excluding hydrogens is 342 g/mol. The summed E-state index contributed by atoms with van der Waals surface area (Å²) < 4.78 is 12.2. The van der Waals surface area contributed by atoms with Gasteiger partial charge in [-0.05, 0) is 52.7 Å². The Morgan fingerprint density at radius 2 is 1.95 bits per heavy atom. The molecule has 2 aromatic carbocycles. The molecule has 2 aromatic rings. The highest BCUT2D eigenvalue weighted by molar-refractivity contribution is 9.10. The highest BCUT2D eigenvalue weighted by Gasteiger charge is 2.07. The van der Waals surface area contributed by atoms with Crippen LogP contribution in [-0.2, 0) is 0 Å². The predicted molar refractivity (Wildman–Crippen MR) is 85.9 cm³/mol. The van der Waals surface area contributed by atoms with E-state index in [1.807, 2.05) is 6.92 Å². The minimum atomic E-state index is 0.598. The van der Waals surface area contributed by atoms with Gasteiger partial charge in [-0.25, -0.2) is 0 Å². The van der Waals surface area contributed by atoms with E-state index in [0.29, 0.717) is 34.6 Å². The number of ether oxygens (including phenoxy) is 2. The summed E-state index contributed by atoms with van der Waals surface area (Å²) in [5.41, 5.74) is 6.46. The van der Waals surface area contributed by atoms with Crippen LogP contribution in [0.1, 0.15) is 13.3 Å². The van der Waals surface area contributed by atoms with Crippen molar-refractivity contribution < 1.29 is 9.47 Å². The fraction of sp³-hybridized carbons (Fsp3) is 0.200. The first-order valence-corrected chi connectivity index (χ1v) is 7.42. The number of halogens is 2. The highest BCUT2D eigenvalue weighted by Crippen LogP contribution is 2.34. The molecule has 0 heterocycles. The second kappa shape index (κ2) is 6.86. The molecule has 0 aromatic heterocycles. The SMILES string of the molecule is CCCOc1cc(Oc2ccc(Cl)cc2Br)ccc1N. The van der Waals surface area contributed by atoms with Crippen molar-refractivity contribution in [3.8, 4) is 17.2 Å². The molecule has 0 atom stereocenters. The van der Waals surface area contributed by atoms with Gasteiger partial charge in [-0.2, -0.15) is 0 Å². The maximum absolute atomic E-state index is 5.90. The van der Waals surface area contributed by atoms with Crippen LogP contribution in [0.3, 0.4) is 0 Å². The van der Waals surface area contributed by atoms with Gasteiger partial charge in [0.2, 0.25) is 0 Å². The fourth-order valence-electron chi connectivity index (χ4n) is 1.60. The van der Waals surface area contributed by atoms with Crippen molar-refractivity contribution in [2.24, 2.45) is 0 Å². The topological polar surface area (TPSA) is 44.5 Å². The van der Waals surface area contributed by atoms with E-state index in [-0.39, 0.29) is 0 Å². The minimum absolute atomic E-state index is 0.598. The number of rotatable bonds is 5. The maximum atomic E-state index is 5.90. The van der Waals surface area contributed by atoms with Gasteiger partial charge in [0.1, 0.15) is 17.2 Å². The van der Waals surface area contributed by atoms with Crippen molar-refractivity contribution in [2.45, 2.75) is 13.3 Å². The Balaban J connectivity index is 2.20. The monoisotopic (exact) mass is 355 g/mol. The third-order valence-electron chi connectivity index (χ3n) is 2.57. The predicted octanol–water partition coefficient (Wildman–Crippen LogP) is 5.27. The molecule has 0 bridgehead atoms. The van der Waals surface area contributed by atoms with Crippen LogP contribution in [0.15, 0.2) is 40.9 Å². The lowest BCUT2D eigenvalue weighted by atomic mass is 10.2. The van der Waals surface area contributed by atoms with Gasteiger partial charge >= 0.3 is 0 Å². The van der Waals surface area contributed by atoms with Crippen molar-refractivity contribution in [3.05, 3.63) is 45.9 Å². The summed E-state index contributed by atoms with van der Waals surface area (Å²) in [5, 5.41) is 0.647. The van der Waals surface area contributed by atoms with Crippen molar-refractivity contribution >= 4 is 33.2 Å². The number of hydrogen-bond acceptors (Lipinski definition) is 3. The van der Waals surface area contributed by atoms with Crippen molar-refractivity contribution in [3.63, 3.8) is 0 Å². The standard InChI is InChI=1S/C15H15BrClNO2/c1-2-7-19-15-9-11(4-5-13(15)18)20-14-6-3-10(17)8-12(14)16/h3-6,8-9H,2,7,18H2,1H3. The summed E-state index contributed by atoms with van der Waals surface area (Å²) in [6, 6.07) is 10.7. The normalized spacial score (nSPS) is 10.3. The smallest absolute Gasteiger partial charge is 0.145 e. The number of anilines is 1. The van der Waals surface area contributed by atoms with Crippen LogP contribution < -0.4 is 15.2 Å². The van der Waals surface area contributed by atoms with Crippen LogP contribution in [0, 0.1) is 0 Å². The van der Waals surface area contributed by atoms with Gasteiger partial charge in [-0.15, -0.1) is 0 Å². The number of benzene rings is 2. The van der Waals surface area contributed by atoms with Gasteiger partial charge < -0.3 is 15.2 Å². The molecule has 0 saturated heterocycles. The zero-order valence-corrected chi connectivity index (χ0v) is 13.4. The Labute approximate surface area is 131 Å². The van der Waals surface area contributed by atoms with E-state index in [4.69, 9.17) is 26.8 Å². The van der Waals surface area contributed by atoms with Crippen LogP contribution in [0.25, 0.3) is 0 Å². The lowest BCUT2D eigenvalue weighted by Crippen LogP contribution is -1.99. The number of hydrogen-bond donors (Lipinski definition) is 1. The molecule has 0 aliphatic rings. The third kappa shape index (κ3) is 3.81. The van der Waals surface area contributed by atoms with Crippen LogP contribution in [-0.4, -0.2) is 6.61 Å². The molecular formula is C15H15BrClNO2. The molecule has 3 nitrogen and oxygen atoms in total. The summed E-state index contributed by atoms with van der Waals surface area (Å²) in [6.07, 6.45) is 0.924. The first-order chi connectivity index (χ1) is 9.60. The first kappa shape index (κ1) is 15.0. The molecule has 0 unspecified atom stereocenters. The van der Waals surface area contributed by atoms with Crippen LogP contribution in [0.5, 0.6) is 17.2 Å². The molecule has 0 spiro atoms. The average Bonchev–Trinajstić information content (AvgIpc) is 2.42. The number of nitrogens with two attached hydrogens (primary N) is 1. The molecule has 2 rings (SSSR count). The Morgan fingerprint density at radius 1 is 1.15 bits per heavy atom. The van der Waals surface area contributed by atoms with Crippen molar-refractivity contribution in [2.75, 3.05) is 12.3 Å². The Bertz CT molecular complexity index is 604. The third-order valence-corrected chi connectivity index (χ3v) is 3.42. The molecule has 0 amide bonds. The quantitative estimate of drug-likeness (QED) is 0.743. The molecule has 0 saturated carbocycles. The van der Waals surface area contributed by atoms with Gasteiger partial charge in [-0.1, -0.05) is 18.5 Å². The molecule has 0 radical (unpaired) electrons. The van der Waals surface area contributed by atoms with Crippen LogP contribution >= 0.6 is 27.5 Å². The van der Waals surface area contributed by atoms with Crippen molar-refractivity contribution in [1.82, 2.24) is 0 Å². The fourth-order valence-corrected chi connectivity index (χ4v) is 2.36. The van der Waals surface area contributed by atoms with E-state index in [1.54, 1.807) is 36.4 Å². The molecule has 0 aliphatic heterocycles. The summed E-state index contributed by atoms with van der Waals surface area (Å²) in [6.45, 7) is 2.67. The van der Waals surface area contributed by atoms with E-state index in [9.17, 15) is 0 Å². The van der Waals surface area contributed by atoms with E-state index >= 15 is 0 Å². The van der Waals surface area contributed by atoms with Gasteiger partial charge in [0.25, 0.3) is 0 Å². The van der Waals surface area contributed by atoms with Gasteiger partial charge in [0, 0.05) is 11.1 Å². The van der Waals surface area contributed by atoms with Gasteiger partial charge in [-0.3, -0.25) is 0 Å². The lowest BCUT2D eigenvalue weighted by molar-refractivity contribution is 0.317. The zero-order valence-electron chi connectivity index (χ0n) is 11.0. The largest absolute Gasteiger partial charge is 0.491 e. The van der Waals surface area contributed by atoms with E-state index in [2.05, 4.69) is 15.9 Å². The second-order valence-corrected chi connectivity index (χ2v) is 5.52. The Kier molecular flexibility index (Phi) is 5.15. The molecule has 20 heavy (non-hydrogen) atoms. The second-order valence-electron chi connectivity index (χ2n) is 4.22. The van der Waals surface area contributed by atoms with E-state index in [1.165, 1.54) is 0 Å². The summed E-state index contributed by atoms with van der Waals surface area (Å²) >= 11 is 9.32. The summed E-state index contributed by atoms with van der Waals surface area (Å²) in [7, 11) is 0. The summed E-state index contributed by atoms with van der Waals surface area (Å²) in [5.74, 6) is 1.98. The Hall–Kier alpha value is -1.39. The highest BCUT2D eigenvalue weighted by atomic mass is 79.9. The zero-order chi connectivity index (χ0) is 14.5. The number of nitrogen functional groups attached to an aromatic ring is 1. The molecule has 5 heteroatoms. The van der Waals surface area contributed by atoms with Crippen LogP contribution in [0.2, 0.25) is 5.02 Å². The Morgan fingerprint density at radius 3 is 2.65 bits per heavy atom. The van der Waals surface area contributed by atoms with E-state index in [0.717, 1.165) is 10.9 Å². The minimum Gasteiger partial charge on any atom is -0.491 e. The van der Waals surface area contributed by atoms with Crippen molar-refractivity contribution in [1.29, 1.82) is 0 Å². The lowest BCUT2D eigenvalue weighted by Gasteiger charge is -2.12. The first-order valence-electron chi connectivity index (χ1n) is 6.25. The average molecular weight is 357 g/mol. The molecule has 0 aliphatic carbocycles. The molecule has 2 N–H and O–H groups in total. The maximum Gasteiger partial charge on any atom is 0.145 e. The molecule has 0 fully saturated rings. The van der Waals surface area contributed by atoms with Gasteiger partial charge in [0.15, 0.2) is 0 Å². The van der Waals surface area contributed by atoms with Crippen LogP contribution in [0.4, 0.5) is 5.69 Å². The molecule has 106 valence electrons.